The van der Waals surface area contributed by atoms with E-state index in [-0.39, 0.29) is 0 Å². The van der Waals surface area contributed by atoms with Crippen LogP contribution in [0.25, 0.3) is 0 Å². The van der Waals surface area contributed by atoms with Crippen molar-refractivity contribution in [2.75, 3.05) is 4.90 Å². The standard InChI is InChI=1S/C23H24BrN/c1-4-18(3)19-7-13-22(14-8-19)25(21-11-5-17(2)6-12-21)23-15-9-20(24)10-16-23/h5-16,18H,4H2,1-3H3. The predicted octanol–water partition coefficient (Wildman–Crippen LogP) is 7.74. The van der Waals surface area contributed by atoms with Crippen LogP contribution in [0.15, 0.2) is 77.3 Å². The molecule has 1 atom stereocenters. The number of rotatable bonds is 5. The molecule has 0 spiro atoms. The molecule has 0 N–H and O–H groups in total. The third kappa shape index (κ3) is 4.13. The molecule has 0 aliphatic carbocycles. The minimum absolute atomic E-state index is 0.592. The molecule has 0 aliphatic heterocycles. The number of benzene rings is 3. The van der Waals surface area contributed by atoms with E-state index < -0.39 is 0 Å². The molecule has 0 saturated heterocycles. The van der Waals surface area contributed by atoms with Crippen LogP contribution in [0.1, 0.15) is 37.3 Å². The molecule has 0 radical (unpaired) electrons. The minimum Gasteiger partial charge on any atom is -0.311 e. The molecule has 0 fully saturated rings. The van der Waals surface area contributed by atoms with E-state index >= 15 is 0 Å². The fourth-order valence-electron chi connectivity index (χ4n) is 2.92. The van der Waals surface area contributed by atoms with E-state index in [2.05, 4.69) is 114 Å². The van der Waals surface area contributed by atoms with Gasteiger partial charge in [0.05, 0.1) is 0 Å². The maximum absolute atomic E-state index is 3.53. The summed E-state index contributed by atoms with van der Waals surface area (Å²) < 4.78 is 1.09. The van der Waals surface area contributed by atoms with E-state index in [9.17, 15) is 0 Å². The lowest BCUT2D eigenvalue weighted by molar-refractivity contribution is 0.733. The van der Waals surface area contributed by atoms with E-state index in [0.717, 1.165) is 16.6 Å². The Bertz CT molecular complexity index is 759. The maximum Gasteiger partial charge on any atom is 0.0462 e. The summed E-state index contributed by atoms with van der Waals surface area (Å²) in [6, 6.07) is 26.1. The van der Waals surface area contributed by atoms with Crippen LogP contribution in [-0.2, 0) is 0 Å². The van der Waals surface area contributed by atoms with Crippen LogP contribution < -0.4 is 4.90 Å². The Morgan fingerprint density at radius 2 is 1.20 bits per heavy atom. The summed E-state index contributed by atoms with van der Waals surface area (Å²) in [5, 5.41) is 0. The summed E-state index contributed by atoms with van der Waals surface area (Å²) in [4.78, 5) is 2.30. The van der Waals surface area contributed by atoms with E-state index in [4.69, 9.17) is 0 Å². The second-order valence-electron chi connectivity index (χ2n) is 6.55. The van der Waals surface area contributed by atoms with Crippen LogP contribution in [0.2, 0.25) is 0 Å². The first-order valence-electron chi connectivity index (χ1n) is 8.81. The molecule has 3 rings (SSSR count). The van der Waals surface area contributed by atoms with Crippen LogP contribution in [0.5, 0.6) is 0 Å². The number of nitrogens with zero attached hydrogens (tertiary/aromatic N) is 1. The van der Waals surface area contributed by atoms with Gasteiger partial charge >= 0.3 is 0 Å². The van der Waals surface area contributed by atoms with E-state index in [1.807, 2.05) is 0 Å². The Hall–Kier alpha value is -2.06. The van der Waals surface area contributed by atoms with Crippen molar-refractivity contribution in [3.05, 3.63) is 88.4 Å². The lowest BCUT2D eigenvalue weighted by atomic mass is 9.98. The molecule has 0 saturated carbocycles. The van der Waals surface area contributed by atoms with Gasteiger partial charge in [0.25, 0.3) is 0 Å². The molecule has 3 aromatic rings. The van der Waals surface area contributed by atoms with Gasteiger partial charge in [-0.05, 0) is 73.4 Å². The van der Waals surface area contributed by atoms with Crippen LogP contribution in [-0.4, -0.2) is 0 Å². The van der Waals surface area contributed by atoms with E-state index in [1.54, 1.807) is 0 Å². The molecular weight excluding hydrogens is 370 g/mol. The summed E-state index contributed by atoms with van der Waals surface area (Å²) in [6.45, 7) is 6.63. The Kier molecular flexibility index (Phi) is 5.60. The molecule has 128 valence electrons. The van der Waals surface area contributed by atoms with Crippen molar-refractivity contribution in [3.63, 3.8) is 0 Å². The second kappa shape index (κ2) is 7.88. The Morgan fingerprint density at radius 3 is 1.68 bits per heavy atom. The van der Waals surface area contributed by atoms with Crippen LogP contribution >= 0.6 is 15.9 Å². The van der Waals surface area contributed by atoms with Crippen molar-refractivity contribution in [3.8, 4) is 0 Å². The van der Waals surface area contributed by atoms with E-state index in [0.29, 0.717) is 5.92 Å². The topological polar surface area (TPSA) is 3.24 Å². The monoisotopic (exact) mass is 393 g/mol. The number of hydrogen-bond acceptors (Lipinski definition) is 1. The summed E-state index contributed by atoms with van der Waals surface area (Å²) in [5.74, 6) is 0.592. The average Bonchev–Trinajstić information content (AvgIpc) is 2.65. The van der Waals surface area contributed by atoms with Gasteiger partial charge in [-0.2, -0.15) is 0 Å². The van der Waals surface area contributed by atoms with Gasteiger partial charge in [-0.1, -0.05) is 59.6 Å². The molecule has 0 aromatic heterocycles. The normalized spacial score (nSPS) is 12.0. The molecule has 0 aliphatic rings. The molecule has 3 aromatic carbocycles. The maximum atomic E-state index is 3.53. The molecule has 25 heavy (non-hydrogen) atoms. The summed E-state index contributed by atoms with van der Waals surface area (Å²) in [5.41, 5.74) is 6.17. The molecule has 0 amide bonds. The number of aryl methyl sites for hydroxylation is 1. The highest BCUT2D eigenvalue weighted by molar-refractivity contribution is 9.10. The SMILES string of the molecule is CCC(C)c1ccc(N(c2ccc(C)cc2)c2ccc(Br)cc2)cc1. The first-order valence-corrected chi connectivity index (χ1v) is 9.60. The molecule has 1 nitrogen and oxygen atoms in total. The highest BCUT2D eigenvalue weighted by Gasteiger charge is 2.13. The smallest absolute Gasteiger partial charge is 0.0462 e. The summed E-state index contributed by atoms with van der Waals surface area (Å²) in [7, 11) is 0. The van der Waals surface area contributed by atoms with Gasteiger partial charge in [-0.25, -0.2) is 0 Å². The van der Waals surface area contributed by atoms with Crippen molar-refractivity contribution in [2.24, 2.45) is 0 Å². The lowest BCUT2D eigenvalue weighted by Gasteiger charge is -2.26. The van der Waals surface area contributed by atoms with Gasteiger partial charge in [-0.15, -0.1) is 0 Å². The molecule has 1 unspecified atom stereocenters. The zero-order valence-electron chi connectivity index (χ0n) is 15.0. The number of halogens is 1. The Labute approximate surface area is 159 Å². The van der Waals surface area contributed by atoms with Gasteiger partial charge in [0.2, 0.25) is 0 Å². The van der Waals surface area contributed by atoms with Crippen LogP contribution in [0, 0.1) is 6.92 Å². The van der Waals surface area contributed by atoms with Gasteiger partial charge in [-0.3, -0.25) is 0 Å². The van der Waals surface area contributed by atoms with Crippen molar-refractivity contribution >= 4 is 33.0 Å². The second-order valence-corrected chi connectivity index (χ2v) is 7.46. The zero-order valence-corrected chi connectivity index (χ0v) is 16.6. The third-order valence-corrected chi connectivity index (χ3v) is 5.24. The van der Waals surface area contributed by atoms with Crippen LogP contribution in [0.4, 0.5) is 17.1 Å². The lowest BCUT2D eigenvalue weighted by Crippen LogP contribution is -2.10. The quantitative estimate of drug-likeness (QED) is 0.428. The average molecular weight is 394 g/mol. The van der Waals surface area contributed by atoms with Crippen molar-refractivity contribution in [1.82, 2.24) is 0 Å². The fourth-order valence-corrected chi connectivity index (χ4v) is 3.18. The largest absolute Gasteiger partial charge is 0.311 e. The van der Waals surface area contributed by atoms with Gasteiger partial charge in [0.1, 0.15) is 0 Å². The summed E-state index contributed by atoms with van der Waals surface area (Å²) in [6.07, 6.45) is 1.16. The first-order chi connectivity index (χ1) is 12.1. The van der Waals surface area contributed by atoms with Gasteiger partial charge in [0, 0.05) is 21.5 Å². The van der Waals surface area contributed by atoms with Crippen molar-refractivity contribution < 1.29 is 0 Å². The summed E-state index contributed by atoms with van der Waals surface area (Å²) >= 11 is 3.53. The highest BCUT2D eigenvalue weighted by Crippen LogP contribution is 2.35. The number of anilines is 3. The van der Waals surface area contributed by atoms with Gasteiger partial charge in [0.15, 0.2) is 0 Å². The van der Waals surface area contributed by atoms with E-state index in [1.165, 1.54) is 22.5 Å². The van der Waals surface area contributed by atoms with Gasteiger partial charge < -0.3 is 4.90 Å². The molecule has 0 heterocycles. The molecular formula is C23H24BrN. The Balaban J connectivity index is 2.04. The fraction of sp³-hybridized carbons (Fsp3) is 0.217. The highest BCUT2D eigenvalue weighted by atomic mass is 79.9. The minimum atomic E-state index is 0.592. The molecule has 2 heteroatoms. The zero-order chi connectivity index (χ0) is 17.8. The Morgan fingerprint density at radius 1 is 0.760 bits per heavy atom. The third-order valence-electron chi connectivity index (χ3n) is 4.71. The number of hydrogen-bond donors (Lipinski definition) is 0. The van der Waals surface area contributed by atoms with Crippen molar-refractivity contribution in [1.29, 1.82) is 0 Å². The predicted molar refractivity (Wildman–Crippen MR) is 112 cm³/mol. The molecule has 0 bridgehead atoms. The first kappa shape index (κ1) is 17.8. The van der Waals surface area contributed by atoms with Crippen molar-refractivity contribution in [2.45, 2.75) is 33.1 Å². The van der Waals surface area contributed by atoms with Crippen LogP contribution in [0.3, 0.4) is 0 Å².